The molecular formula is C16H14BrN5O. The number of hydrogen-bond donors (Lipinski definition) is 1. The van der Waals surface area contributed by atoms with Crippen LogP contribution >= 0.6 is 15.9 Å². The lowest BCUT2D eigenvalue weighted by Crippen LogP contribution is -2.24. The average molecular weight is 372 g/mol. The third kappa shape index (κ3) is 3.62. The molecule has 1 aromatic heterocycles. The number of para-hydroxylation sites is 1. The van der Waals surface area contributed by atoms with Crippen LogP contribution in [0.1, 0.15) is 12.5 Å². The number of benzene rings is 2. The molecule has 0 bridgehead atoms. The Morgan fingerprint density at radius 1 is 1.26 bits per heavy atom. The summed E-state index contributed by atoms with van der Waals surface area (Å²) in [6.45, 7) is 1.91. The number of nitrogens with zero attached hydrogens (tertiary/aromatic N) is 4. The summed E-state index contributed by atoms with van der Waals surface area (Å²) in [7, 11) is 0. The summed E-state index contributed by atoms with van der Waals surface area (Å²) in [6, 6.07) is 15.2. The lowest BCUT2D eigenvalue weighted by atomic mass is 10.1. The fourth-order valence-corrected chi connectivity index (χ4v) is 2.53. The lowest BCUT2D eigenvalue weighted by Gasteiger charge is -2.04. The van der Waals surface area contributed by atoms with Gasteiger partial charge in [0.2, 0.25) is 0 Å². The number of amides is 1. The van der Waals surface area contributed by atoms with E-state index in [0.29, 0.717) is 0 Å². The minimum absolute atomic E-state index is 0.0653. The molecule has 1 amide bonds. The molecule has 0 aliphatic carbocycles. The van der Waals surface area contributed by atoms with Crippen molar-refractivity contribution in [2.75, 3.05) is 0 Å². The molecule has 7 heteroatoms. The molecule has 0 aliphatic rings. The van der Waals surface area contributed by atoms with E-state index in [2.05, 4.69) is 36.8 Å². The molecule has 0 spiro atoms. The highest BCUT2D eigenvalue weighted by molar-refractivity contribution is 9.10. The van der Waals surface area contributed by atoms with Crippen LogP contribution in [0.25, 0.3) is 11.0 Å². The normalized spacial score (nSPS) is 11.7. The molecule has 0 unspecified atom stereocenters. The second-order valence-electron chi connectivity index (χ2n) is 4.98. The second kappa shape index (κ2) is 6.70. The highest BCUT2D eigenvalue weighted by Crippen LogP contribution is 2.12. The summed E-state index contributed by atoms with van der Waals surface area (Å²) in [5.41, 5.74) is 5.78. The van der Waals surface area contributed by atoms with Gasteiger partial charge in [-0.1, -0.05) is 45.4 Å². The zero-order valence-corrected chi connectivity index (χ0v) is 14.0. The van der Waals surface area contributed by atoms with E-state index in [1.54, 1.807) is 4.68 Å². The predicted molar refractivity (Wildman–Crippen MR) is 92.0 cm³/mol. The van der Waals surface area contributed by atoms with E-state index >= 15 is 0 Å². The molecule has 2 aromatic carbocycles. The van der Waals surface area contributed by atoms with Crippen molar-refractivity contribution < 1.29 is 4.79 Å². The number of rotatable bonds is 4. The van der Waals surface area contributed by atoms with Gasteiger partial charge in [0.25, 0.3) is 5.91 Å². The Labute approximate surface area is 141 Å². The Morgan fingerprint density at radius 3 is 2.91 bits per heavy atom. The molecule has 0 saturated heterocycles. The second-order valence-corrected chi connectivity index (χ2v) is 5.89. The van der Waals surface area contributed by atoms with Gasteiger partial charge in [0.05, 0.1) is 11.2 Å². The number of carbonyl (C=O) groups is 1. The molecule has 0 fully saturated rings. The molecule has 3 rings (SSSR count). The molecule has 3 aromatic rings. The SMILES string of the molecule is C/C(=N/NC(=O)Cn1nnc2ccccc21)c1cccc(Br)c1. The van der Waals surface area contributed by atoms with Gasteiger partial charge in [0.1, 0.15) is 12.1 Å². The van der Waals surface area contributed by atoms with Crippen molar-refractivity contribution in [2.45, 2.75) is 13.5 Å². The maximum absolute atomic E-state index is 12.0. The van der Waals surface area contributed by atoms with Crippen molar-refractivity contribution >= 4 is 38.6 Å². The zero-order chi connectivity index (χ0) is 16.2. The van der Waals surface area contributed by atoms with Gasteiger partial charge in [-0.25, -0.2) is 10.1 Å². The largest absolute Gasteiger partial charge is 0.271 e. The molecule has 116 valence electrons. The van der Waals surface area contributed by atoms with Gasteiger partial charge in [-0.2, -0.15) is 5.10 Å². The molecule has 0 aliphatic heterocycles. The average Bonchev–Trinajstić information content (AvgIpc) is 2.96. The first-order valence-corrected chi connectivity index (χ1v) is 7.80. The number of hydrogen-bond acceptors (Lipinski definition) is 4. The van der Waals surface area contributed by atoms with Gasteiger partial charge < -0.3 is 0 Å². The van der Waals surface area contributed by atoms with Gasteiger partial charge in [0, 0.05) is 4.47 Å². The molecule has 6 nitrogen and oxygen atoms in total. The summed E-state index contributed by atoms with van der Waals surface area (Å²) in [5, 5.41) is 12.1. The van der Waals surface area contributed by atoms with E-state index < -0.39 is 0 Å². The minimum atomic E-state index is -0.255. The quantitative estimate of drug-likeness (QED) is 0.566. The van der Waals surface area contributed by atoms with Gasteiger partial charge in [-0.3, -0.25) is 4.79 Å². The number of aromatic nitrogens is 3. The molecule has 0 saturated carbocycles. The first kappa shape index (κ1) is 15.4. The molecule has 23 heavy (non-hydrogen) atoms. The van der Waals surface area contributed by atoms with Gasteiger partial charge >= 0.3 is 0 Å². The van der Waals surface area contributed by atoms with Crippen molar-refractivity contribution in [1.29, 1.82) is 0 Å². The smallest absolute Gasteiger partial charge is 0.261 e. The number of carbonyl (C=O) groups excluding carboxylic acids is 1. The van der Waals surface area contributed by atoms with Crippen molar-refractivity contribution in [3.63, 3.8) is 0 Å². The monoisotopic (exact) mass is 371 g/mol. The van der Waals surface area contributed by atoms with E-state index in [0.717, 1.165) is 26.8 Å². The van der Waals surface area contributed by atoms with Crippen molar-refractivity contribution in [3.05, 3.63) is 58.6 Å². The number of hydrazone groups is 1. The standard InChI is InChI=1S/C16H14BrN5O/c1-11(12-5-4-6-13(17)9-12)18-20-16(23)10-22-15-8-3-2-7-14(15)19-21-22/h2-9H,10H2,1H3,(H,20,23)/b18-11-. The summed E-state index contributed by atoms with van der Waals surface area (Å²) in [4.78, 5) is 12.0. The van der Waals surface area contributed by atoms with E-state index in [9.17, 15) is 4.79 Å². The van der Waals surface area contributed by atoms with E-state index in [1.165, 1.54) is 0 Å². The maximum atomic E-state index is 12.0. The zero-order valence-electron chi connectivity index (χ0n) is 12.4. The van der Waals surface area contributed by atoms with Crippen LogP contribution in [0.4, 0.5) is 0 Å². The highest BCUT2D eigenvalue weighted by atomic mass is 79.9. The van der Waals surface area contributed by atoms with Gasteiger partial charge in [-0.05, 0) is 36.8 Å². The van der Waals surface area contributed by atoms with Crippen LogP contribution in [0.2, 0.25) is 0 Å². The van der Waals surface area contributed by atoms with E-state index in [-0.39, 0.29) is 12.5 Å². The number of fused-ring (bicyclic) bond motifs is 1. The minimum Gasteiger partial charge on any atom is -0.271 e. The Morgan fingerprint density at radius 2 is 2.09 bits per heavy atom. The fourth-order valence-electron chi connectivity index (χ4n) is 2.13. The summed E-state index contributed by atoms with van der Waals surface area (Å²) >= 11 is 3.41. The number of halogens is 1. The first-order chi connectivity index (χ1) is 11.1. The summed E-state index contributed by atoms with van der Waals surface area (Å²) in [5.74, 6) is -0.255. The number of nitrogens with one attached hydrogen (secondary N) is 1. The third-order valence-electron chi connectivity index (χ3n) is 3.30. The molecular weight excluding hydrogens is 358 g/mol. The van der Waals surface area contributed by atoms with E-state index in [4.69, 9.17) is 0 Å². The predicted octanol–water partition coefficient (Wildman–Crippen LogP) is 2.73. The first-order valence-electron chi connectivity index (χ1n) is 7.01. The Balaban J connectivity index is 1.69. The topological polar surface area (TPSA) is 72.2 Å². The molecule has 1 heterocycles. The van der Waals surface area contributed by atoms with E-state index in [1.807, 2.05) is 55.5 Å². The van der Waals surface area contributed by atoms with Crippen LogP contribution in [0.5, 0.6) is 0 Å². The summed E-state index contributed by atoms with van der Waals surface area (Å²) < 4.78 is 2.51. The van der Waals surface area contributed by atoms with Crippen molar-refractivity contribution in [2.24, 2.45) is 5.10 Å². The van der Waals surface area contributed by atoms with Crippen LogP contribution in [0.3, 0.4) is 0 Å². The molecule has 1 N–H and O–H groups in total. The van der Waals surface area contributed by atoms with Crippen LogP contribution in [0, 0.1) is 0 Å². The van der Waals surface area contributed by atoms with Crippen molar-refractivity contribution in [1.82, 2.24) is 20.4 Å². The summed E-state index contributed by atoms with van der Waals surface area (Å²) in [6.07, 6.45) is 0. The maximum Gasteiger partial charge on any atom is 0.261 e. The van der Waals surface area contributed by atoms with Crippen LogP contribution < -0.4 is 5.43 Å². The van der Waals surface area contributed by atoms with Crippen LogP contribution in [-0.4, -0.2) is 26.6 Å². The Kier molecular flexibility index (Phi) is 4.47. The Bertz CT molecular complexity index is 887. The molecule has 0 radical (unpaired) electrons. The van der Waals surface area contributed by atoms with Gasteiger partial charge in [0.15, 0.2) is 0 Å². The van der Waals surface area contributed by atoms with Crippen LogP contribution in [0.15, 0.2) is 58.1 Å². The van der Waals surface area contributed by atoms with Gasteiger partial charge in [-0.15, -0.1) is 5.10 Å². The molecule has 0 atom stereocenters. The van der Waals surface area contributed by atoms with Crippen molar-refractivity contribution in [3.8, 4) is 0 Å². The third-order valence-corrected chi connectivity index (χ3v) is 3.80. The Hall–Kier alpha value is -2.54. The van der Waals surface area contributed by atoms with Crippen LogP contribution in [-0.2, 0) is 11.3 Å². The lowest BCUT2D eigenvalue weighted by molar-refractivity contribution is -0.121. The fraction of sp³-hybridized carbons (Fsp3) is 0.125. The highest BCUT2D eigenvalue weighted by Gasteiger charge is 2.08.